The summed E-state index contributed by atoms with van der Waals surface area (Å²) in [6, 6.07) is 9.22. The molecule has 0 aliphatic rings. The minimum Gasteiger partial charge on any atom is -0.211 e. The van der Waals surface area contributed by atoms with E-state index >= 15 is 0 Å². The van der Waals surface area contributed by atoms with E-state index in [4.69, 9.17) is 0 Å². The van der Waals surface area contributed by atoms with Crippen LogP contribution in [0.5, 0.6) is 0 Å². The largest absolute Gasteiger partial charge is 0.241 e. The third-order valence-corrected chi connectivity index (χ3v) is 3.03. The quantitative estimate of drug-likeness (QED) is 0.820. The zero-order chi connectivity index (χ0) is 10.6. The van der Waals surface area contributed by atoms with Gasteiger partial charge < -0.3 is 0 Å². The lowest BCUT2D eigenvalue weighted by molar-refractivity contribution is 0.560. The maximum Gasteiger partial charge on any atom is 0.241 e. The molecule has 1 aromatic carbocycles. The standard InChI is InChI=1S/C10H14NO2S/c1-9(2)8-11-14(12,13)10-6-4-3-5-7-10/h3-6,9,11H,8H2,1-2H3. The molecule has 1 radical (unpaired) electrons. The second kappa shape index (κ2) is 4.57. The first-order chi connectivity index (χ1) is 6.52. The fourth-order valence-electron chi connectivity index (χ4n) is 0.898. The van der Waals surface area contributed by atoms with Crippen LogP contribution in [-0.2, 0) is 10.0 Å². The summed E-state index contributed by atoms with van der Waals surface area (Å²) in [4.78, 5) is 0.195. The lowest BCUT2D eigenvalue weighted by Gasteiger charge is -2.07. The van der Waals surface area contributed by atoms with Gasteiger partial charge in [-0.2, -0.15) is 0 Å². The van der Waals surface area contributed by atoms with Crippen molar-refractivity contribution in [2.24, 2.45) is 5.92 Å². The average Bonchev–Trinajstić information content (AvgIpc) is 2.16. The summed E-state index contributed by atoms with van der Waals surface area (Å²) in [6.07, 6.45) is 0. The van der Waals surface area contributed by atoms with Gasteiger partial charge in [0.25, 0.3) is 0 Å². The normalized spacial score (nSPS) is 11.9. The van der Waals surface area contributed by atoms with Crippen molar-refractivity contribution in [1.29, 1.82) is 0 Å². The molecule has 77 valence electrons. The molecule has 0 amide bonds. The number of hydrogen-bond acceptors (Lipinski definition) is 2. The Labute approximate surface area is 85.2 Å². The highest BCUT2D eigenvalue weighted by Gasteiger charge is 2.12. The summed E-state index contributed by atoms with van der Waals surface area (Å²) >= 11 is 0. The molecule has 0 saturated carbocycles. The summed E-state index contributed by atoms with van der Waals surface area (Å²) in [6.45, 7) is 4.36. The minimum atomic E-state index is -3.36. The molecule has 0 spiro atoms. The molecule has 0 saturated heterocycles. The van der Waals surface area contributed by atoms with Crippen LogP contribution in [0, 0.1) is 12.0 Å². The molecule has 3 nitrogen and oxygen atoms in total. The van der Waals surface area contributed by atoms with Crippen molar-refractivity contribution in [2.75, 3.05) is 6.54 Å². The molecular weight excluding hydrogens is 198 g/mol. The Kier molecular flexibility index (Phi) is 3.66. The summed E-state index contributed by atoms with van der Waals surface area (Å²) < 4.78 is 25.7. The number of hydrogen-bond donors (Lipinski definition) is 1. The van der Waals surface area contributed by atoms with Gasteiger partial charge in [-0.05, 0) is 12.0 Å². The Hall–Kier alpha value is -0.870. The number of benzene rings is 1. The van der Waals surface area contributed by atoms with Gasteiger partial charge in [-0.25, -0.2) is 13.1 Å². The molecule has 1 N–H and O–H groups in total. The fourth-order valence-corrected chi connectivity index (χ4v) is 2.09. The Morgan fingerprint density at radius 1 is 1.43 bits per heavy atom. The Morgan fingerprint density at radius 3 is 2.64 bits per heavy atom. The molecule has 1 rings (SSSR count). The summed E-state index contributed by atoms with van der Waals surface area (Å²) in [5, 5.41) is 0. The third kappa shape index (κ3) is 3.12. The zero-order valence-electron chi connectivity index (χ0n) is 8.32. The lowest BCUT2D eigenvalue weighted by Crippen LogP contribution is -2.27. The smallest absolute Gasteiger partial charge is 0.211 e. The van der Waals surface area contributed by atoms with Gasteiger partial charge in [0, 0.05) is 12.6 Å². The Bertz CT molecular complexity index is 370. The average molecular weight is 212 g/mol. The molecular formula is C10H14NO2S. The molecule has 0 heterocycles. The van der Waals surface area contributed by atoms with Gasteiger partial charge in [0.15, 0.2) is 0 Å². The van der Waals surface area contributed by atoms with Crippen LogP contribution in [0.3, 0.4) is 0 Å². The van der Waals surface area contributed by atoms with E-state index in [1.165, 1.54) is 6.07 Å². The van der Waals surface area contributed by atoms with E-state index in [0.717, 1.165) is 0 Å². The van der Waals surface area contributed by atoms with Gasteiger partial charge in [-0.3, -0.25) is 0 Å². The van der Waals surface area contributed by atoms with Gasteiger partial charge in [-0.1, -0.05) is 32.0 Å². The van der Waals surface area contributed by atoms with E-state index in [1.807, 2.05) is 13.8 Å². The maximum atomic E-state index is 11.6. The van der Waals surface area contributed by atoms with Gasteiger partial charge in [0.1, 0.15) is 0 Å². The van der Waals surface area contributed by atoms with Crippen LogP contribution in [0.1, 0.15) is 13.8 Å². The van der Waals surface area contributed by atoms with E-state index in [2.05, 4.69) is 10.8 Å². The van der Waals surface area contributed by atoms with Crippen LogP contribution >= 0.6 is 0 Å². The topological polar surface area (TPSA) is 46.2 Å². The molecule has 0 fully saturated rings. The highest BCUT2D eigenvalue weighted by Crippen LogP contribution is 2.06. The Morgan fingerprint density at radius 2 is 2.14 bits per heavy atom. The predicted octanol–water partition coefficient (Wildman–Crippen LogP) is 1.42. The van der Waals surface area contributed by atoms with Crippen molar-refractivity contribution in [2.45, 2.75) is 18.7 Å². The molecule has 0 unspecified atom stereocenters. The molecule has 0 aliphatic heterocycles. The number of nitrogens with one attached hydrogen (secondary N) is 1. The summed E-state index contributed by atoms with van der Waals surface area (Å²) in [5.74, 6) is 0.300. The van der Waals surface area contributed by atoms with E-state index in [1.54, 1.807) is 18.2 Å². The van der Waals surface area contributed by atoms with E-state index in [-0.39, 0.29) is 4.90 Å². The van der Waals surface area contributed by atoms with Crippen LogP contribution in [0.15, 0.2) is 29.2 Å². The molecule has 4 heteroatoms. The van der Waals surface area contributed by atoms with Gasteiger partial charge in [-0.15, -0.1) is 0 Å². The minimum absolute atomic E-state index is 0.195. The van der Waals surface area contributed by atoms with Crippen molar-refractivity contribution >= 4 is 10.0 Å². The fraction of sp³-hybridized carbons (Fsp3) is 0.400. The first-order valence-corrected chi connectivity index (χ1v) is 5.97. The molecule has 1 aromatic rings. The second-order valence-electron chi connectivity index (χ2n) is 3.47. The molecule has 0 aliphatic carbocycles. The van der Waals surface area contributed by atoms with E-state index in [0.29, 0.717) is 12.5 Å². The highest BCUT2D eigenvalue weighted by atomic mass is 32.2. The Balaban J connectivity index is 2.77. The van der Waals surface area contributed by atoms with Crippen molar-refractivity contribution in [3.05, 3.63) is 30.3 Å². The number of sulfonamides is 1. The van der Waals surface area contributed by atoms with Crippen molar-refractivity contribution in [1.82, 2.24) is 4.72 Å². The molecule has 0 atom stereocenters. The van der Waals surface area contributed by atoms with E-state index < -0.39 is 10.0 Å². The highest BCUT2D eigenvalue weighted by molar-refractivity contribution is 7.89. The summed E-state index contributed by atoms with van der Waals surface area (Å²) in [5.41, 5.74) is 0. The van der Waals surface area contributed by atoms with Crippen LogP contribution in [0.25, 0.3) is 0 Å². The van der Waals surface area contributed by atoms with Crippen LogP contribution < -0.4 is 4.72 Å². The monoisotopic (exact) mass is 212 g/mol. The van der Waals surface area contributed by atoms with Gasteiger partial charge in [0.2, 0.25) is 10.0 Å². The second-order valence-corrected chi connectivity index (χ2v) is 5.21. The zero-order valence-corrected chi connectivity index (χ0v) is 9.14. The summed E-state index contributed by atoms with van der Waals surface area (Å²) in [7, 11) is -3.36. The maximum absolute atomic E-state index is 11.6. The predicted molar refractivity (Wildman–Crippen MR) is 55.3 cm³/mol. The van der Waals surface area contributed by atoms with Gasteiger partial charge >= 0.3 is 0 Å². The van der Waals surface area contributed by atoms with Crippen LogP contribution in [0.4, 0.5) is 0 Å². The van der Waals surface area contributed by atoms with Crippen LogP contribution in [-0.4, -0.2) is 15.0 Å². The lowest BCUT2D eigenvalue weighted by atomic mass is 10.2. The third-order valence-electron chi connectivity index (χ3n) is 1.65. The van der Waals surface area contributed by atoms with Crippen molar-refractivity contribution in [3.8, 4) is 0 Å². The molecule has 0 aromatic heterocycles. The first-order valence-electron chi connectivity index (χ1n) is 4.49. The van der Waals surface area contributed by atoms with Crippen LogP contribution in [0.2, 0.25) is 0 Å². The number of rotatable bonds is 4. The van der Waals surface area contributed by atoms with Crippen molar-refractivity contribution in [3.63, 3.8) is 0 Å². The molecule has 14 heavy (non-hydrogen) atoms. The molecule has 0 bridgehead atoms. The first kappa shape index (κ1) is 11.2. The van der Waals surface area contributed by atoms with Crippen molar-refractivity contribution < 1.29 is 8.42 Å². The van der Waals surface area contributed by atoms with E-state index in [9.17, 15) is 8.42 Å². The SMILES string of the molecule is CC(C)CNS(=O)(=O)c1[c]cccc1. The van der Waals surface area contributed by atoms with Gasteiger partial charge in [0.05, 0.1) is 4.90 Å².